The van der Waals surface area contributed by atoms with Crippen molar-refractivity contribution in [2.24, 2.45) is 0 Å². The van der Waals surface area contributed by atoms with Crippen LogP contribution in [0.15, 0.2) is 18.3 Å². The summed E-state index contributed by atoms with van der Waals surface area (Å²) in [6, 6.07) is 3.62. The zero-order chi connectivity index (χ0) is 14.3. The fourth-order valence-electron chi connectivity index (χ4n) is 1.83. The van der Waals surface area contributed by atoms with E-state index in [9.17, 15) is 9.59 Å². The van der Waals surface area contributed by atoms with Gasteiger partial charge in [-0.1, -0.05) is 0 Å². The van der Waals surface area contributed by atoms with Gasteiger partial charge in [-0.25, -0.2) is 9.36 Å². The first-order chi connectivity index (χ1) is 9.04. The van der Waals surface area contributed by atoms with E-state index in [1.165, 1.54) is 7.11 Å². The Morgan fingerprint density at radius 1 is 1.26 bits per heavy atom. The minimum atomic E-state index is -0.753. The molecule has 104 valence electrons. The van der Waals surface area contributed by atoms with Gasteiger partial charge in [0, 0.05) is 25.8 Å². The summed E-state index contributed by atoms with van der Waals surface area (Å²) in [5.41, 5.74) is 1.59. The van der Waals surface area contributed by atoms with E-state index >= 15 is 0 Å². The van der Waals surface area contributed by atoms with Crippen LogP contribution in [0.25, 0.3) is 0 Å². The highest BCUT2D eigenvalue weighted by Gasteiger charge is 2.13. The Morgan fingerprint density at radius 3 is 2.63 bits per heavy atom. The number of aliphatic carboxylic acids is 1. The molecule has 0 bridgehead atoms. The lowest BCUT2D eigenvalue weighted by Crippen LogP contribution is -2.37. The van der Waals surface area contributed by atoms with E-state index in [0.717, 1.165) is 25.1 Å². The quantitative estimate of drug-likeness (QED) is 0.463. The van der Waals surface area contributed by atoms with Crippen LogP contribution < -0.4 is 4.57 Å². The van der Waals surface area contributed by atoms with Crippen molar-refractivity contribution in [2.75, 3.05) is 7.11 Å². The number of pyridine rings is 1. The molecule has 0 spiro atoms. The van der Waals surface area contributed by atoms with Gasteiger partial charge in [0.25, 0.3) is 0 Å². The molecule has 5 heteroatoms. The molecule has 0 atom stereocenters. The maximum absolute atomic E-state index is 11.4. The number of unbranched alkanes of at least 4 members (excludes halogenated alkanes) is 2. The maximum Gasteiger partial charge on any atom is 0.343 e. The molecule has 0 aromatic carbocycles. The summed E-state index contributed by atoms with van der Waals surface area (Å²) < 4.78 is 6.68. The highest BCUT2D eigenvalue weighted by atomic mass is 16.5. The summed E-state index contributed by atoms with van der Waals surface area (Å²) in [6.07, 6.45) is 4.43. The van der Waals surface area contributed by atoms with Gasteiger partial charge in [-0.15, -0.1) is 0 Å². The number of hydrogen-bond donors (Lipinski definition) is 1. The van der Waals surface area contributed by atoms with Gasteiger partial charge in [0.1, 0.15) is 12.1 Å². The molecule has 1 aromatic heterocycles. The molecule has 0 radical (unpaired) electrons. The second kappa shape index (κ2) is 7.51. The van der Waals surface area contributed by atoms with Crippen molar-refractivity contribution in [3.05, 3.63) is 29.6 Å². The van der Waals surface area contributed by atoms with Crippen LogP contribution in [0.2, 0.25) is 0 Å². The van der Waals surface area contributed by atoms with Crippen LogP contribution in [0, 0.1) is 6.92 Å². The molecule has 1 heterocycles. The second-order valence-electron chi connectivity index (χ2n) is 4.45. The summed E-state index contributed by atoms with van der Waals surface area (Å²) in [7, 11) is 1.36. The predicted octanol–water partition coefficient (Wildman–Crippen LogP) is 1.71. The molecule has 0 saturated carbocycles. The number of rotatable bonds is 7. The molecule has 1 aromatic rings. The second-order valence-corrected chi connectivity index (χ2v) is 4.45. The third-order valence-corrected chi connectivity index (χ3v) is 2.96. The average Bonchev–Trinajstić information content (AvgIpc) is 2.39. The molecule has 0 aliphatic heterocycles. The van der Waals surface area contributed by atoms with Gasteiger partial charge < -0.3 is 9.84 Å². The van der Waals surface area contributed by atoms with Crippen molar-refractivity contribution in [1.82, 2.24) is 0 Å². The molecular formula is C14H20NO4+. The fourth-order valence-corrected chi connectivity index (χ4v) is 1.83. The third kappa shape index (κ3) is 5.07. The number of methoxy groups -OCH3 is 1. The smallest absolute Gasteiger partial charge is 0.343 e. The van der Waals surface area contributed by atoms with Crippen LogP contribution in [0.3, 0.4) is 0 Å². The summed E-state index contributed by atoms with van der Waals surface area (Å²) in [5, 5.41) is 8.54. The number of carbonyl (C=O) groups is 2. The van der Waals surface area contributed by atoms with E-state index in [2.05, 4.69) is 4.74 Å². The lowest BCUT2D eigenvalue weighted by molar-refractivity contribution is -0.703. The van der Waals surface area contributed by atoms with Gasteiger partial charge in [-0.2, -0.15) is 0 Å². The Labute approximate surface area is 112 Å². The lowest BCUT2D eigenvalue weighted by atomic mass is 10.2. The van der Waals surface area contributed by atoms with E-state index in [1.807, 2.05) is 17.6 Å². The molecule has 5 nitrogen and oxygen atoms in total. The van der Waals surface area contributed by atoms with Crippen molar-refractivity contribution < 1.29 is 24.0 Å². The number of nitrogens with zero attached hydrogens (tertiary/aromatic N) is 1. The Bertz CT molecular complexity index is 457. The zero-order valence-electron chi connectivity index (χ0n) is 11.4. The first-order valence-corrected chi connectivity index (χ1v) is 6.35. The highest BCUT2D eigenvalue weighted by Crippen LogP contribution is 2.03. The van der Waals surface area contributed by atoms with E-state index in [4.69, 9.17) is 5.11 Å². The fraction of sp³-hybridized carbons (Fsp3) is 0.500. The van der Waals surface area contributed by atoms with E-state index in [-0.39, 0.29) is 12.4 Å². The molecule has 0 saturated heterocycles. The number of hydrogen-bond acceptors (Lipinski definition) is 3. The van der Waals surface area contributed by atoms with Crippen LogP contribution >= 0.6 is 0 Å². The number of carboxylic acids is 1. The zero-order valence-corrected chi connectivity index (χ0v) is 11.4. The summed E-state index contributed by atoms with van der Waals surface area (Å²) in [4.78, 5) is 21.8. The molecule has 1 N–H and O–H groups in total. The number of esters is 1. The molecular weight excluding hydrogens is 246 g/mol. The highest BCUT2D eigenvalue weighted by molar-refractivity contribution is 5.88. The summed E-state index contributed by atoms with van der Waals surface area (Å²) in [5.74, 6) is -1.10. The number of carboxylic acid groups (broad SMARTS) is 1. The number of aromatic nitrogens is 1. The molecule has 0 unspecified atom stereocenters. The number of carbonyl (C=O) groups excluding carboxylic acids is 1. The minimum absolute atomic E-state index is 0.214. The van der Waals surface area contributed by atoms with E-state index < -0.39 is 5.97 Å². The largest absolute Gasteiger partial charge is 0.481 e. The Kier molecular flexibility index (Phi) is 5.99. The van der Waals surface area contributed by atoms with Crippen molar-refractivity contribution in [3.8, 4) is 0 Å². The van der Waals surface area contributed by atoms with Crippen LogP contribution in [0.1, 0.15) is 41.7 Å². The van der Waals surface area contributed by atoms with Crippen LogP contribution in [-0.2, 0) is 16.1 Å². The number of ether oxygens (including phenoxy) is 1. The first-order valence-electron chi connectivity index (χ1n) is 6.35. The Balaban J connectivity index is 2.52. The lowest BCUT2D eigenvalue weighted by Gasteiger charge is -2.03. The predicted molar refractivity (Wildman–Crippen MR) is 68.8 cm³/mol. The standard InChI is InChI=1S/C14H19NO4/c1-11-7-8-12(14(18)19-2)10-15(11)9-5-3-4-6-13(16)17/h7-8,10H,3-6,9H2,1-2H3/p+1. The van der Waals surface area contributed by atoms with Crippen LogP contribution in [-0.4, -0.2) is 24.2 Å². The van der Waals surface area contributed by atoms with Crippen LogP contribution in [0.5, 0.6) is 0 Å². The van der Waals surface area contributed by atoms with Gasteiger partial charge in [-0.3, -0.25) is 4.79 Å². The van der Waals surface area contributed by atoms with Crippen molar-refractivity contribution in [2.45, 2.75) is 39.2 Å². The minimum Gasteiger partial charge on any atom is -0.481 e. The van der Waals surface area contributed by atoms with Gasteiger partial charge >= 0.3 is 11.9 Å². The molecule has 0 aliphatic rings. The van der Waals surface area contributed by atoms with E-state index in [0.29, 0.717) is 12.0 Å². The van der Waals surface area contributed by atoms with Gasteiger partial charge in [0.15, 0.2) is 11.9 Å². The van der Waals surface area contributed by atoms with Crippen molar-refractivity contribution in [3.63, 3.8) is 0 Å². The molecule has 1 rings (SSSR count). The molecule has 0 amide bonds. The normalized spacial score (nSPS) is 10.2. The van der Waals surface area contributed by atoms with Crippen molar-refractivity contribution in [1.29, 1.82) is 0 Å². The molecule has 19 heavy (non-hydrogen) atoms. The molecule has 0 aliphatic carbocycles. The summed E-state index contributed by atoms with van der Waals surface area (Å²) in [6.45, 7) is 2.74. The van der Waals surface area contributed by atoms with Gasteiger partial charge in [0.05, 0.1) is 7.11 Å². The maximum atomic E-state index is 11.4. The van der Waals surface area contributed by atoms with Crippen LogP contribution in [0.4, 0.5) is 0 Å². The average molecular weight is 266 g/mol. The Hall–Kier alpha value is -1.91. The topological polar surface area (TPSA) is 67.5 Å². The van der Waals surface area contributed by atoms with Gasteiger partial charge in [0.2, 0.25) is 0 Å². The number of aryl methyl sites for hydroxylation is 2. The summed E-state index contributed by atoms with van der Waals surface area (Å²) >= 11 is 0. The molecule has 0 fully saturated rings. The third-order valence-electron chi connectivity index (χ3n) is 2.96. The monoisotopic (exact) mass is 266 g/mol. The van der Waals surface area contributed by atoms with Crippen molar-refractivity contribution >= 4 is 11.9 Å². The SMILES string of the molecule is COC(=O)c1ccc(C)[n+](CCCCCC(=O)O)c1. The Morgan fingerprint density at radius 2 is 2.00 bits per heavy atom. The van der Waals surface area contributed by atoms with E-state index in [1.54, 1.807) is 12.3 Å². The first kappa shape index (κ1) is 15.1. The van der Waals surface area contributed by atoms with Gasteiger partial charge in [-0.05, 0) is 18.9 Å².